The summed E-state index contributed by atoms with van der Waals surface area (Å²) in [6, 6.07) is 52.8. The minimum atomic E-state index is -0.282. The first-order valence-corrected chi connectivity index (χ1v) is 17.8. The number of para-hydroxylation sites is 1. The lowest BCUT2D eigenvalue weighted by Crippen LogP contribution is -2.04. The van der Waals surface area contributed by atoms with E-state index in [-0.39, 0.29) is 5.82 Å². The highest BCUT2D eigenvalue weighted by Crippen LogP contribution is 2.40. The molecule has 0 aliphatic rings. The van der Waals surface area contributed by atoms with Crippen LogP contribution in [0.25, 0.3) is 83.9 Å². The van der Waals surface area contributed by atoms with E-state index in [1.54, 1.807) is 12.1 Å². The van der Waals surface area contributed by atoms with Crippen molar-refractivity contribution >= 4 is 21.8 Å². The molecule has 0 amide bonds. The van der Waals surface area contributed by atoms with Gasteiger partial charge >= 0.3 is 0 Å². The molecular formula is C48H35FN4. The van der Waals surface area contributed by atoms with Crippen molar-refractivity contribution in [1.82, 2.24) is 19.5 Å². The second-order valence-electron chi connectivity index (χ2n) is 13.6. The van der Waals surface area contributed by atoms with Gasteiger partial charge in [0.15, 0.2) is 17.5 Å². The van der Waals surface area contributed by atoms with Crippen LogP contribution < -0.4 is 0 Å². The van der Waals surface area contributed by atoms with E-state index in [1.165, 1.54) is 28.3 Å². The molecule has 0 fully saturated rings. The van der Waals surface area contributed by atoms with Gasteiger partial charge in [0.2, 0.25) is 0 Å². The number of hydrogen-bond donors (Lipinski definition) is 0. The normalized spacial score (nSPS) is 11.4. The van der Waals surface area contributed by atoms with Gasteiger partial charge in [-0.1, -0.05) is 127 Å². The predicted molar refractivity (Wildman–Crippen MR) is 216 cm³/mol. The first-order chi connectivity index (χ1) is 25.9. The highest BCUT2D eigenvalue weighted by atomic mass is 19.1. The van der Waals surface area contributed by atoms with Crippen LogP contribution in [-0.2, 0) is 0 Å². The number of nitrogens with zero attached hydrogens (tertiary/aromatic N) is 4. The van der Waals surface area contributed by atoms with Gasteiger partial charge in [0.25, 0.3) is 0 Å². The van der Waals surface area contributed by atoms with Gasteiger partial charge in [-0.25, -0.2) is 19.3 Å². The zero-order valence-corrected chi connectivity index (χ0v) is 29.7. The van der Waals surface area contributed by atoms with Gasteiger partial charge < -0.3 is 4.57 Å². The first kappa shape index (κ1) is 32.2. The van der Waals surface area contributed by atoms with Crippen molar-refractivity contribution in [1.29, 1.82) is 0 Å². The number of aryl methyl sites for hydroxylation is 3. The fourth-order valence-corrected chi connectivity index (χ4v) is 7.70. The molecule has 5 heteroatoms. The molecule has 0 saturated carbocycles. The fourth-order valence-electron chi connectivity index (χ4n) is 7.70. The molecule has 0 unspecified atom stereocenters. The Kier molecular flexibility index (Phi) is 7.97. The van der Waals surface area contributed by atoms with Crippen LogP contribution in [0.1, 0.15) is 16.7 Å². The van der Waals surface area contributed by atoms with E-state index in [0.717, 1.165) is 60.9 Å². The minimum absolute atomic E-state index is 0.282. The van der Waals surface area contributed by atoms with E-state index < -0.39 is 0 Å². The van der Waals surface area contributed by atoms with Crippen molar-refractivity contribution in [2.75, 3.05) is 0 Å². The lowest BCUT2D eigenvalue weighted by Gasteiger charge is -2.17. The summed E-state index contributed by atoms with van der Waals surface area (Å²) < 4.78 is 17.0. The summed E-state index contributed by atoms with van der Waals surface area (Å²) >= 11 is 0. The van der Waals surface area contributed by atoms with Crippen molar-refractivity contribution in [3.63, 3.8) is 0 Å². The topological polar surface area (TPSA) is 43.6 Å². The Morgan fingerprint density at radius 1 is 0.434 bits per heavy atom. The quantitative estimate of drug-likeness (QED) is 0.175. The summed E-state index contributed by atoms with van der Waals surface area (Å²) in [5.74, 6) is 1.44. The van der Waals surface area contributed by atoms with E-state index in [9.17, 15) is 4.39 Å². The van der Waals surface area contributed by atoms with Gasteiger partial charge in [-0.3, -0.25) is 0 Å². The molecule has 0 aliphatic heterocycles. The fraction of sp³-hybridized carbons (Fsp3) is 0.0625. The number of aromatic nitrogens is 4. The number of halogens is 1. The molecule has 9 rings (SSSR count). The van der Waals surface area contributed by atoms with Gasteiger partial charge in [-0.05, 0) is 90.6 Å². The number of benzene rings is 7. The molecule has 9 aromatic rings. The van der Waals surface area contributed by atoms with Gasteiger partial charge in [0, 0.05) is 27.5 Å². The minimum Gasteiger partial charge on any atom is -0.308 e. The second kappa shape index (κ2) is 13.1. The van der Waals surface area contributed by atoms with Crippen LogP contribution in [0.3, 0.4) is 0 Å². The molecular weight excluding hydrogens is 652 g/mol. The molecule has 0 aliphatic carbocycles. The zero-order valence-electron chi connectivity index (χ0n) is 29.7. The van der Waals surface area contributed by atoms with E-state index in [1.807, 2.05) is 72.8 Å². The van der Waals surface area contributed by atoms with Gasteiger partial charge in [0.05, 0.1) is 16.7 Å². The maximum Gasteiger partial charge on any atom is 0.166 e. The molecule has 254 valence electrons. The third kappa shape index (κ3) is 5.86. The molecule has 0 N–H and O–H groups in total. The van der Waals surface area contributed by atoms with Crippen LogP contribution >= 0.6 is 0 Å². The third-order valence-electron chi connectivity index (χ3n) is 9.98. The van der Waals surface area contributed by atoms with Crippen molar-refractivity contribution < 1.29 is 4.39 Å². The van der Waals surface area contributed by atoms with E-state index in [0.29, 0.717) is 17.5 Å². The van der Waals surface area contributed by atoms with Crippen molar-refractivity contribution in [2.45, 2.75) is 20.8 Å². The van der Waals surface area contributed by atoms with Crippen LogP contribution in [0.2, 0.25) is 0 Å². The Morgan fingerprint density at radius 3 is 1.68 bits per heavy atom. The first-order valence-electron chi connectivity index (χ1n) is 17.8. The molecule has 0 atom stereocenters. The largest absolute Gasteiger partial charge is 0.308 e. The van der Waals surface area contributed by atoms with Gasteiger partial charge in [0.1, 0.15) is 5.82 Å². The lowest BCUT2D eigenvalue weighted by atomic mass is 9.93. The zero-order chi connectivity index (χ0) is 36.1. The molecule has 0 spiro atoms. The number of fused-ring (bicyclic) bond motifs is 3. The summed E-state index contributed by atoms with van der Waals surface area (Å²) in [6.07, 6.45) is 0. The molecule has 0 radical (unpaired) electrons. The average molecular weight is 687 g/mol. The molecule has 2 aromatic heterocycles. The highest BCUT2D eigenvalue weighted by molar-refractivity contribution is 6.11. The summed E-state index contributed by atoms with van der Waals surface area (Å²) in [5, 5.41) is 2.28. The molecule has 53 heavy (non-hydrogen) atoms. The van der Waals surface area contributed by atoms with E-state index in [2.05, 4.69) is 92.1 Å². The van der Waals surface area contributed by atoms with E-state index >= 15 is 0 Å². The smallest absolute Gasteiger partial charge is 0.166 e. The monoisotopic (exact) mass is 686 g/mol. The third-order valence-corrected chi connectivity index (χ3v) is 9.98. The standard InChI is InChI=1S/C48H35FN4/c1-30-25-31(2)45(32(3)26-30)37-22-23-40-39-19-10-11-20-42(39)53(43(40)29-37)44-28-36(35-17-12-18-38(49)27-35)21-24-41(44)48-51-46(33-13-6-4-7-14-33)50-47(52-48)34-15-8-5-9-16-34/h4-29H,1-3H3. The van der Waals surface area contributed by atoms with Crippen LogP contribution in [0, 0.1) is 26.6 Å². The Bertz CT molecular complexity index is 2740. The average Bonchev–Trinajstić information content (AvgIpc) is 3.51. The summed E-state index contributed by atoms with van der Waals surface area (Å²) in [7, 11) is 0. The maximum atomic E-state index is 14.7. The lowest BCUT2D eigenvalue weighted by molar-refractivity contribution is 0.628. The Labute approximate surface area is 307 Å². The van der Waals surface area contributed by atoms with Crippen LogP contribution in [-0.4, -0.2) is 19.5 Å². The van der Waals surface area contributed by atoms with Crippen molar-refractivity contribution in [3.05, 3.63) is 180 Å². The SMILES string of the molecule is Cc1cc(C)c(-c2ccc3c4ccccc4n(-c4cc(-c5cccc(F)c5)ccc4-c4nc(-c5ccccc5)nc(-c5ccccc5)n4)c3c2)c(C)c1. The van der Waals surface area contributed by atoms with Gasteiger partial charge in [-0.15, -0.1) is 0 Å². The van der Waals surface area contributed by atoms with Crippen LogP contribution in [0.15, 0.2) is 158 Å². The predicted octanol–water partition coefficient (Wildman–Crippen LogP) is 12.4. The van der Waals surface area contributed by atoms with E-state index in [4.69, 9.17) is 15.0 Å². The molecule has 4 nitrogen and oxygen atoms in total. The Hall–Kier alpha value is -6.72. The van der Waals surface area contributed by atoms with Crippen LogP contribution in [0.4, 0.5) is 4.39 Å². The Morgan fingerprint density at radius 2 is 1.00 bits per heavy atom. The Balaban J connectivity index is 1.37. The summed E-state index contributed by atoms with van der Waals surface area (Å²) in [4.78, 5) is 15.3. The molecule has 2 heterocycles. The number of rotatable bonds is 6. The van der Waals surface area contributed by atoms with Crippen molar-refractivity contribution in [2.24, 2.45) is 0 Å². The van der Waals surface area contributed by atoms with Crippen LogP contribution in [0.5, 0.6) is 0 Å². The molecule has 0 bridgehead atoms. The highest BCUT2D eigenvalue weighted by Gasteiger charge is 2.21. The summed E-state index contributed by atoms with van der Waals surface area (Å²) in [5.41, 5.74) is 13.4. The summed E-state index contributed by atoms with van der Waals surface area (Å²) in [6.45, 7) is 6.52. The van der Waals surface area contributed by atoms with Gasteiger partial charge in [-0.2, -0.15) is 0 Å². The van der Waals surface area contributed by atoms with Crippen molar-refractivity contribution in [3.8, 4) is 62.1 Å². The molecule has 7 aromatic carbocycles. The second-order valence-corrected chi connectivity index (χ2v) is 13.6. The number of hydrogen-bond acceptors (Lipinski definition) is 3. The molecule has 0 saturated heterocycles. The maximum absolute atomic E-state index is 14.7.